The number of thioether (sulfide) groups is 1. The summed E-state index contributed by atoms with van der Waals surface area (Å²) in [6.07, 6.45) is 3.43. The van der Waals surface area contributed by atoms with Gasteiger partial charge in [-0.1, -0.05) is 26.0 Å². The molecule has 1 aromatic carbocycles. The van der Waals surface area contributed by atoms with Crippen LogP contribution in [-0.2, 0) is 11.2 Å². The molecule has 0 radical (unpaired) electrons. The molecule has 0 N–H and O–H groups in total. The van der Waals surface area contributed by atoms with Crippen molar-refractivity contribution in [3.63, 3.8) is 0 Å². The lowest BCUT2D eigenvalue weighted by Gasteiger charge is -2.31. The van der Waals surface area contributed by atoms with Crippen LogP contribution in [0.1, 0.15) is 39.2 Å². The quantitative estimate of drug-likeness (QED) is 0.782. The third-order valence-electron chi connectivity index (χ3n) is 3.88. The molecule has 20 heavy (non-hydrogen) atoms. The Morgan fingerprint density at radius 3 is 2.35 bits per heavy atom. The lowest BCUT2D eigenvalue weighted by Crippen LogP contribution is -2.37. The highest BCUT2D eigenvalue weighted by Crippen LogP contribution is 2.25. The van der Waals surface area contributed by atoms with E-state index in [1.54, 1.807) is 6.92 Å². The van der Waals surface area contributed by atoms with E-state index < -0.39 is 0 Å². The van der Waals surface area contributed by atoms with Crippen LogP contribution in [0.5, 0.6) is 0 Å². The predicted molar refractivity (Wildman–Crippen MR) is 86.1 cm³/mol. The maximum Gasteiger partial charge on any atom is 0.219 e. The summed E-state index contributed by atoms with van der Waals surface area (Å²) in [7, 11) is 0. The van der Waals surface area contributed by atoms with Gasteiger partial charge in [-0.25, -0.2) is 0 Å². The van der Waals surface area contributed by atoms with Crippen molar-refractivity contribution in [1.29, 1.82) is 0 Å². The maximum absolute atomic E-state index is 11.3. The Kier molecular flexibility index (Phi) is 5.53. The fraction of sp³-hybridized carbons (Fsp3) is 0.588. The Hall–Kier alpha value is -0.960. The fourth-order valence-corrected chi connectivity index (χ4v) is 3.60. The molecule has 1 amide bonds. The number of piperidine rings is 1. The van der Waals surface area contributed by atoms with E-state index in [1.165, 1.54) is 10.5 Å². The minimum atomic E-state index is 0.221. The second-order valence-electron chi connectivity index (χ2n) is 5.96. The zero-order chi connectivity index (χ0) is 14.5. The Labute approximate surface area is 126 Å². The third-order valence-corrected chi connectivity index (χ3v) is 4.90. The lowest BCUT2D eigenvalue weighted by atomic mass is 9.90. The average molecular weight is 291 g/mol. The van der Waals surface area contributed by atoms with Gasteiger partial charge in [-0.05, 0) is 42.9 Å². The number of nitrogens with zero attached hydrogens (tertiary/aromatic N) is 1. The molecule has 1 fully saturated rings. The first-order valence-electron chi connectivity index (χ1n) is 7.55. The van der Waals surface area contributed by atoms with Crippen molar-refractivity contribution >= 4 is 17.7 Å². The highest BCUT2D eigenvalue weighted by Gasteiger charge is 2.20. The van der Waals surface area contributed by atoms with Crippen LogP contribution >= 0.6 is 11.8 Å². The van der Waals surface area contributed by atoms with Crippen molar-refractivity contribution in [3.05, 3.63) is 29.8 Å². The van der Waals surface area contributed by atoms with E-state index in [9.17, 15) is 4.79 Å². The zero-order valence-electron chi connectivity index (χ0n) is 12.8. The van der Waals surface area contributed by atoms with Gasteiger partial charge in [0, 0.05) is 30.2 Å². The van der Waals surface area contributed by atoms with Crippen molar-refractivity contribution < 1.29 is 4.79 Å². The molecule has 0 bridgehead atoms. The van der Waals surface area contributed by atoms with Crippen LogP contribution < -0.4 is 0 Å². The molecule has 0 aliphatic carbocycles. The summed E-state index contributed by atoms with van der Waals surface area (Å²) in [6.45, 7) is 7.98. The van der Waals surface area contributed by atoms with Crippen molar-refractivity contribution in [2.24, 2.45) is 5.92 Å². The van der Waals surface area contributed by atoms with E-state index in [2.05, 4.69) is 38.1 Å². The summed E-state index contributed by atoms with van der Waals surface area (Å²) in [5.41, 5.74) is 1.43. The van der Waals surface area contributed by atoms with Crippen molar-refractivity contribution in [2.45, 2.75) is 50.2 Å². The van der Waals surface area contributed by atoms with Crippen LogP contribution in [0.3, 0.4) is 0 Å². The largest absolute Gasteiger partial charge is 0.343 e. The van der Waals surface area contributed by atoms with Crippen molar-refractivity contribution in [3.8, 4) is 0 Å². The second-order valence-corrected chi connectivity index (χ2v) is 7.61. The number of likely N-dealkylation sites (tertiary alicyclic amines) is 1. The van der Waals surface area contributed by atoms with Gasteiger partial charge >= 0.3 is 0 Å². The van der Waals surface area contributed by atoms with Crippen LogP contribution in [-0.4, -0.2) is 29.1 Å². The van der Waals surface area contributed by atoms with Crippen LogP contribution in [0.4, 0.5) is 0 Å². The molecule has 1 aliphatic heterocycles. The molecule has 1 aromatic rings. The van der Waals surface area contributed by atoms with Crippen molar-refractivity contribution in [1.82, 2.24) is 4.90 Å². The SMILES string of the molecule is CC(=O)N1CCC(Cc2ccc(SC(C)C)cc2)CC1. The minimum Gasteiger partial charge on any atom is -0.343 e. The smallest absolute Gasteiger partial charge is 0.219 e. The summed E-state index contributed by atoms with van der Waals surface area (Å²) in [6, 6.07) is 9.01. The summed E-state index contributed by atoms with van der Waals surface area (Å²) in [5, 5.41) is 0.636. The Morgan fingerprint density at radius 1 is 1.25 bits per heavy atom. The summed E-state index contributed by atoms with van der Waals surface area (Å²) in [4.78, 5) is 14.6. The highest BCUT2D eigenvalue weighted by atomic mass is 32.2. The van der Waals surface area contributed by atoms with Gasteiger partial charge < -0.3 is 4.90 Å². The molecule has 1 saturated heterocycles. The molecule has 110 valence electrons. The zero-order valence-corrected chi connectivity index (χ0v) is 13.6. The summed E-state index contributed by atoms with van der Waals surface area (Å²) < 4.78 is 0. The predicted octanol–water partition coefficient (Wildman–Crippen LogP) is 3.99. The van der Waals surface area contributed by atoms with Gasteiger partial charge in [0.05, 0.1) is 0 Å². The van der Waals surface area contributed by atoms with E-state index in [0.717, 1.165) is 38.3 Å². The van der Waals surface area contributed by atoms with Crippen LogP contribution in [0.25, 0.3) is 0 Å². The maximum atomic E-state index is 11.3. The number of carbonyl (C=O) groups is 1. The summed E-state index contributed by atoms with van der Waals surface area (Å²) >= 11 is 1.91. The molecule has 2 nitrogen and oxygen atoms in total. The molecule has 0 saturated carbocycles. The van der Waals surface area contributed by atoms with Gasteiger partial charge in [-0.15, -0.1) is 11.8 Å². The molecule has 1 heterocycles. The van der Waals surface area contributed by atoms with E-state index >= 15 is 0 Å². The number of hydrogen-bond donors (Lipinski definition) is 0. The Morgan fingerprint density at radius 2 is 1.85 bits per heavy atom. The topological polar surface area (TPSA) is 20.3 Å². The van der Waals surface area contributed by atoms with Crippen LogP contribution in [0.15, 0.2) is 29.2 Å². The standard InChI is InChI=1S/C17H25NOS/c1-13(2)20-17-6-4-15(5-7-17)12-16-8-10-18(11-9-16)14(3)19/h4-7,13,16H,8-12H2,1-3H3. The van der Waals surface area contributed by atoms with Gasteiger partial charge in [-0.2, -0.15) is 0 Å². The Balaban J connectivity index is 1.83. The molecule has 2 rings (SSSR count). The molecule has 3 heteroatoms. The van der Waals surface area contributed by atoms with Gasteiger partial charge in [0.25, 0.3) is 0 Å². The van der Waals surface area contributed by atoms with E-state index in [1.807, 2.05) is 16.7 Å². The monoisotopic (exact) mass is 291 g/mol. The number of amides is 1. The second kappa shape index (κ2) is 7.16. The number of rotatable bonds is 4. The molecule has 0 spiro atoms. The van der Waals surface area contributed by atoms with Crippen molar-refractivity contribution in [2.75, 3.05) is 13.1 Å². The van der Waals surface area contributed by atoms with Crippen LogP contribution in [0, 0.1) is 5.92 Å². The van der Waals surface area contributed by atoms with Gasteiger partial charge in [0.2, 0.25) is 5.91 Å². The molecule has 0 unspecified atom stereocenters. The molecule has 0 aromatic heterocycles. The van der Waals surface area contributed by atoms with Gasteiger partial charge in [-0.3, -0.25) is 4.79 Å². The normalized spacial score (nSPS) is 16.7. The first-order valence-corrected chi connectivity index (χ1v) is 8.43. The molecule has 0 atom stereocenters. The molecular formula is C17H25NOS. The first kappa shape index (κ1) is 15.4. The van der Waals surface area contributed by atoms with Gasteiger partial charge in [0.1, 0.15) is 0 Å². The Bertz CT molecular complexity index is 433. The van der Waals surface area contributed by atoms with Crippen LogP contribution in [0.2, 0.25) is 0 Å². The lowest BCUT2D eigenvalue weighted by molar-refractivity contribution is -0.130. The number of hydrogen-bond acceptors (Lipinski definition) is 2. The summed E-state index contributed by atoms with van der Waals surface area (Å²) in [5.74, 6) is 0.952. The minimum absolute atomic E-state index is 0.221. The van der Waals surface area contributed by atoms with E-state index in [-0.39, 0.29) is 5.91 Å². The highest BCUT2D eigenvalue weighted by molar-refractivity contribution is 7.99. The van der Waals surface area contributed by atoms with E-state index in [4.69, 9.17) is 0 Å². The third kappa shape index (κ3) is 4.55. The first-order chi connectivity index (χ1) is 9.54. The number of benzene rings is 1. The molecule has 1 aliphatic rings. The number of carbonyl (C=O) groups excluding carboxylic acids is 1. The molecular weight excluding hydrogens is 266 g/mol. The van der Waals surface area contributed by atoms with Gasteiger partial charge in [0.15, 0.2) is 0 Å². The average Bonchev–Trinajstić information content (AvgIpc) is 2.41. The fourth-order valence-electron chi connectivity index (χ4n) is 2.76. The van der Waals surface area contributed by atoms with E-state index in [0.29, 0.717) is 5.25 Å².